The number of nitrogens with zero attached hydrogens (tertiary/aromatic N) is 1. The van der Waals surface area contributed by atoms with E-state index in [2.05, 4.69) is 20.8 Å². The van der Waals surface area contributed by atoms with Crippen LogP contribution in [0.1, 0.15) is 23.7 Å². The molecule has 3 N–H and O–H groups in total. The SMILES string of the molecule is CC(=O)Nc1ccc(NCc2cn[nH]c2C)cc1C. The van der Waals surface area contributed by atoms with Crippen LogP contribution in [0.4, 0.5) is 11.4 Å². The van der Waals surface area contributed by atoms with E-state index in [4.69, 9.17) is 0 Å². The number of rotatable bonds is 4. The summed E-state index contributed by atoms with van der Waals surface area (Å²) in [6.07, 6.45) is 1.82. The summed E-state index contributed by atoms with van der Waals surface area (Å²) in [7, 11) is 0. The lowest BCUT2D eigenvalue weighted by molar-refractivity contribution is -0.114. The van der Waals surface area contributed by atoms with E-state index in [9.17, 15) is 4.79 Å². The Morgan fingerprint density at radius 2 is 2.16 bits per heavy atom. The van der Waals surface area contributed by atoms with Crippen molar-refractivity contribution in [2.24, 2.45) is 0 Å². The minimum Gasteiger partial charge on any atom is -0.381 e. The molecule has 5 nitrogen and oxygen atoms in total. The van der Waals surface area contributed by atoms with Gasteiger partial charge in [0.25, 0.3) is 0 Å². The first-order chi connectivity index (χ1) is 9.06. The molecule has 0 aliphatic rings. The Bertz CT molecular complexity index is 589. The molecule has 0 saturated heterocycles. The quantitative estimate of drug-likeness (QED) is 0.789. The molecule has 0 unspecified atom stereocenters. The van der Waals surface area contributed by atoms with E-state index < -0.39 is 0 Å². The van der Waals surface area contributed by atoms with Crippen LogP contribution in [0.2, 0.25) is 0 Å². The van der Waals surface area contributed by atoms with E-state index in [-0.39, 0.29) is 5.91 Å². The average Bonchev–Trinajstić information content (AvgIpc) is 2.75. The second-order valence-corrected chi connectivity index (χ2v) is 4.58. The topological polar surface area (TPSA) is 69.8 Å². The third-order valence-electron chi connectivity index (χ3n) is 2.95. The molecule has 2 rings (SSSR count). The van der Waals surface area contributed by atoms with Crippen LogP contribution in [0.25, 0.3) is 0 Å². The van der Waals surface area contributed by atoms with Crippen LogP contribution >= 0.6 is 0 Å². The fourth-order valence-electron chi connectivity index (χ4n) is 1.85. The summed E-state index contributed by atoms with van der Waals surface area (Å²) in [6, 6.07) is 5.87. The number of hydrogen-bond donors (Lipinski definition) is 3. The van der Waals surface area contributed by atoms with Gasteiger partial charge in [-0.15, -0.1) is 0 Å². The zero-order valence-electron chi connectivity index (χ0n) is 11.4. The number of aryl methyl sites for hydroxylation is 2. The summed E-state index contributed by atoms with van der Waals surface area (Å²) in [5, 5.41) is 13.0. The summed E-state index contributed by atoms with van der Waals surface area (Å²) in [5.74, 6) is -0.0576. The number of carbonyl (C=O) groups is 1. The van der Waals surface area contributed by atoms with Crippen molar-refractivity contribution in [1.82, 2.24) is 10.2 Å². The van der Waals surface area contributed by atoms with Crippen LogP contribution in [0, 0.1) is 13.8 Å². The maximum atomic E-state index is 11.0. The lowest BCUT2D eigenvalue weighted by Gasteiger charge is -2.10. The van der Waals surface area contributed by atoms with E-state index in [0.717, 1.165) is 34.7 Å². The lowest BCUT2D eigenvalue weighted by Crippen LogP contribution is -2.07. The smallest absolute Gasteiger partial charge is 0.221 e. The summed E-state index contributed by atoms with van der Waals surface area (Å²) in [6.45, 7) is 6.20. The van der Waals surface area contributed by atoms with Gasteiger partial charge in [-0.2, -0.15) is 5.10 Å². The number of benzene rings is 1. The van der Waals surface area contributed by atoms with Crippen molar-refractivity contribution < 1.29 is 4.79 Å². The van der Waals surface area contributed by atoms with Crippen molar-refractivity contribution in [2.75, 3.05) is 10.6 Å². The van der Waals surface area contributed by atoms with Gasteiger partial charge in [0.2, 0.25) is 5.91 Å². The van der Waals surface area contributed by atoms with Crippen molar-refractivity contribution in [3.63, 3.8) is 0 Å². The van der Waals surface area contributed by atoms with Gasteiger partial charge in [-0.1, -0.05) is 0 Å². The van der Waals surface area contributed by atoms with E-state index >= 15 is 0 Å². The van der Waals surface area contributed by atoms with Crippen molar-refractivity contribution in [3.8, 4) is 0 Å². The number of H-pyrrole nitrogens is 1. The first-order valence-electron chi connectivity index (χ1n) is 6.17. The Morgan fingerprint density at radius 3 is 2.74 bits per heavy atom. The zero-order valence-corrected chi connectivity index (χ0v) is 11.4. The van der Waals surface area contributed by atoms with Gasteiger partial charge in [-0.05, 0) is 37.6 Å². The monoisotopic (exact) mass is 258 g/mol. The van der Waals surface area contributed by atoms with Crippen molar-refractivity contribution in [3.05, 3.63) is 41.2 Å². The third kappa shape index (κ3) is 3.34. The molecule has 1 aromatic heterocycles. The standard InChI is InChI=1S/C14H18N4O/c1-9-6-13(4-5-14(9)17-11(3)19)15-7-12-8-16-18-10(12)2/h4-6,8,15H,7H2,1-3H3,(H,16,18)(H,17,19). The second-order valence-electron chi connectivity index (χ2n) is 4.58. The van der Waals surface area contributed by atoms with Gasteiger partial charge in [-0.3, -0.25) is 9.89 Å². The predicted octanol–water partition coefficient (Wildman–Crippen LogP) is 2.60. The summed E-state index contributed by atoms with van der Waals surface area (Å²) in [5.41, 5.74) is 5.11. The van der Waals surface area contributed by atoms with Crippen molar-refractivity contribution >= 4 is 17.3 Å². The second kappa shape index (κ2) is 5.56. The highest BCUT2D eigenvalue weighted by molar-refractivity contribution is 5.89. The van der Waals surface area contributed by atoms with Crippen LogP contribution in [-0.2, 0) is 11.3 Å². The van der Waals surface area contributed by atoms with Gasteiger partial charge >= 0.3 is 0 Å². The Balaban J connectivity index is 2.04. The Kier molecular flexibility index (Phi) is 3.85. The van der Waals surface area contributed by atoms with Crippen LogP contribution in [-0.4, -0.2) is 16.1 Å². The molecule has 1 aromatic carbocycles. The van der Waals surface area contributed by atoms with Gasteiger partial charge in [0, 0.05) is 36.1 Å². The highest BCUT2D eigenvalue weighted by Gasteiger charge is 2.03. The largest absolute Gasteiger partial charge is 0.381 e. The van der Waals surface area contributed by atoms with Crippen molar-refractivity contribution in [2.45, 2.75) is 27.3 Å². The van der Waals surface area contributed by atoms with Crippen molar-refractivity contribution in [1.29, 1.82) is 0 Å². The average molecular weight is 258 g/mol. The third-order valence-corrected chi connectivity index (χ3v) is 2.95. The first-order valence-corrected chi connectivity index (χ1v) is 6.17. The van der Waals surface area contributed by atoms with E-state index in [1.54, 1.807) is 0 Å². The molecule has 100 valence electrons. The van der Waals surface area contributed by atoms with E-state index in [1.807, 2.05) is 38.2 Å². The molecule has 0 aliphatic heterocycles. The molecule has 1 heterocycles. The Labute approximate surface area is 112 Å². The van der Waals surface area contributed by atoms with Crippen LogP contribution in [0.3, 0.4) is 0 Å². The molecule has 0 aliphatic carbocycles. The molecular formula is C14H18N4O. The fourth-order valence-corrected chi connectivity index (χ4v) is 1.85. The highest BCUT2D eigenvalue weighted by Crippen LogP contribution is 2.20. The lowest BCUT2D eigenvalue weighted by atomic mass is 10.1. The number of aromatic nitrogens is 2. The minimum absolute atomic E-state index is 0.0576. The van der Waals surface area contributed by atoms with Crippen LogP contribution < -0.4 is 10.6 Å². The normalized spacial score (nSPS) is 10.3. The molecule has 0 atom stereocenters. The van der Waals surface area contributed by atoms with Crippen LogP contribution in [0.15, 0.2) is 24.4 Å². The molecule has 0 saturated carbocycles. The number of nitrogens with one attached hydrogen (secondary N) is 3. The highest BCUT2D eigenvalue weighted by atomic mass is 16.1. The Morgan fingerprint density at radius 1 is 1.37 bits per heavy atom. The number of hydrogen-bond acceptors (Lipinski definition) is 3. The molecule has 0 radical (unpaired) electrons. The van der Waals surface area contributed by atoms with Gasteiger partial charge in [-0.25, -0.2) is 0 Å². The summed E-state index contributed by atoms with van der Waals surface area (Å²) >= 11 is 0. The number of anilines is 2. The van der Waals surface area contributed by atoms with E-state index in [1.165, 1.54) is 6.92 Å². The summed E-state index contributed by atoms with van der Waals surface area (Å²) < 4.78 is 0. The van der Waals surface area contributed by atoms with Gasteiger partial charge in [0.1, 0.15) is 0 Å². The molecule has 2 aromatic rings. The summed E-state index contributed by atoms with van der Waals surface area (Å²) in [4.78, 5) is 11.0. The maximum Gasteiger partial charge on any atom is 0.221 e. The first kappa shape index (κ1) is 13.1. The minimum atomic E-state index is -0.0576. The number of aromatic amines is 1. The van der Waals surface area contributed by atoms with Gasteiger partial charge in [0.05, 0.1) is 6.20 Å². The molecule has 0 bridgehead atoms. The molecule has 1 amide bonds. The maximum absolute atomic E-state index is 11.0. The van der Waals surface area contributed by atoms with Gasteiger partial charge < -0.3 is 10.6 Å². The molecule has 0 spiro atoms. The number of amides is 1. The van der Waals surface area contributed by atoms with Gasteiger partial charge in [0.15, 0.2) is 0 Å². The predicted molar refractivity (Wildman–Crippen MR) is 76.1 cm³/mol. The molecule has 5 heteroatoms. The number of carbonyl (C=O) groups excluding carboxylic acids is 1. The Hall–Kier alpha value is -2.30. The zero-order chi connectivity index (χ0) is 13.8. The molecular weight excluding hydrogens is 240 g/mol. The van der Waals surface area contributed by atoms with Crippen LogP contribution in [0.5, 0.6) is 0 Å². The molecule has 19 heavy (non-hydrogen) atoms. The molecule has 0 fully saturated rings. The van der Waals surface area contributed by atoms with E-state index in [0.29, 0.717) is 0 Å². The fraction of sp³-hybridized carbons (Fsp3) is 0.286.